The van der Waals surface area contributed by atoms with Crippen LogP contribution >= 0.6 is 0 Å². The van der Waals surface area contributed by atoms with Gasteiger partial charge in [-0.1, -0.05) is 48.5 Å². The van der Waals surface area contributed by atoms with Gasteiger partial charge in [-0.2, -0.15) is 0 Å². The Morgan fingerprint density at radius 1 is 1.09 bits per heavy atom. The first-order valence-electron chi connectivity index (χ1n) is 7.68. The predicted molar refractivity (Wildman–Crippen MR) is 92.4 cm³/mol. The third-order valence-electron chi connectivity index (χ3n) is 3.21. The van der Waals surface area contributed by atoms with E-state index in [4.69, 9.17) is 4.74 Å². The van der Waals surface area contributed by atoms with Crippen LogP contribution in [0.2, 0.25) is 0 Å². The van der Waals surface area contributed by atoms with E-state index in [1.807, 2.05) is 69.3 Å². The fourth-order valence-corrected chi connectivity index (χ4v) is 2.07. The van der Waals surface area contributed by atoms with Crippen LogP contribution in [0.1, 0.15) is 35.3 Å². The second kappa shape index (κ2) is 8.13. The molecule has 120 valence electrons. The maximum Gasteiger partial charge on any atom is 0.292 e. The van der Waals surface area contributed by atoms with Crippen molar-refractivity contribution >= 4 is 11.9 Å². The number of aliphatic imine (C=N–C) groups is 1. The quantitative estimate of drug-likeness (QED) is 0.691. The lowest BCUT2D eigenvalue weighted by Gasteiger charge is -2.14. The summed E-state index contributed by atoms with van der Waals surface area (Å²) in [4.78, 5) is 16.8. The maximum atomic E-state index is 12.4. The molecule has 0 saturated heterocycles. The number of benzene rings is 2. The van der Waals surface area contributed by atoms with Crippen LogP contribution in [-0.2, 0) is 11.3 Å². The van der Waals surface area contributed by atoms with Crippen LogP contribution in [-0.4, -0.2) is 18.0 Å². The fraction of sp³-hybridized carbons (Fsp3) is 0.263. The van der Waals surface area contributed by atoms with E-state index in [-0.39, 0.29) is 18.0 Å². The van der Waals surface area contributed by atoms with Crippen LogP contribution < -0.4 is 5.32 Å². The molecule has 0 radical (unpaired) electrons. The average Bonchev–Trinajstić information content (AvgIpc) is 2.53. The topological polar surface area (TPSA) is 50.7 Å². The van der Waals surface area contributed by atoms with Crippen LogP contribution in [0.15, 0.2) is 59.6 Å². The highest BCUT2D eigenvalue weighted by atomic mass is 16.5. The molecule has 0 aliphatic heterocycles. The zero-order chi connectivity index (χ0) is 16.7. The number of amidine groups is 1. The van der Waals surface area contributed by atoms with Crippen molar-refractivity contribution in [1.82, 2.24) is 5.32 Å². The van der Waals surface area contributed by atoms with Gasteiger partial charge in [-0.15, -0.1) is 0 Å². The van der Waals surface area contributed by atoms with Crippen LogP contribution in [0.3, 0.4) is 0 Å². The lowest BCUT2D eigenvalue weighted by molar-refractivity contribution is 0.0959. The molecule has 0 bridgehead atoms. The van der Waals surface area contributed by atoms with Crippen LogP contribution in [0.4, 0.5) is 0 Å². The molecule has 2 aromatic rings. The molecule has 0 unspecified atom stereocenters. The Bertz CT molecular complexity index is 679. The Labute approximate surface area is 137 Å². The van der Waals surface area contributed by atoms with Crippen molar-refractivity contribution in [2.45, 2.75) is 33.4 Å². The van der Waals surface area contributed by atoms with E-state index in [1.54, 1.807) is 6.07 Å². The van der Waals surface area contributed by atoms with Gasteiger partial charge in [-0.05, 0) is 38.0 Å². The number of nitrogens with one attached hydrogen (secondary N) is 1. The van der Waals surface area contributed by atoms with Gasteiger partial charge in [0.2, 0.25) is 0 Å². The highest BCUT2D eigenvalue weighted by Crippen LogP contribution is 2.07. The molecule has 0 aromatic heterocycles. The number of rotatable bonds is 4. The number of carbonyl (C=O) groups is 1. The Hall–Kier alpha value is -2.62. The van der Waals surface area contributed by atoms with Gasteiger partial charge in [-0.25, -0.2) is 4.99 Å². The first-order valence-corrected chi connectivity index (χ1v) is 7.68. The molecule has 2 aromatic carbocycles. The average molecular weight is 310 g/mol. The molecule has 4 nitrogen and oxygen atoms in total. The van der Waals surface area contributed by atoms with Crippen molar-refractivity contribution in [2.75, 3.05) is 0 Å². The van der Waals surface area contributed by atoms with Gasteiger partial charge in [-0.3, -0.25) is 10.1 Å². The molecule has 0 fully saturated rings. The molecule has 0 atom stereocenters. The molecule has 2 rings (SSSR count). The van der Waals surface area contributed by atoms with E-state index in [0.717, 1.165) is 11.1 Å². The standard InChI is InChI=1S/C19H22N2O2/c1-14(2)23-19(20-13-16-10-5-4-6-11-16)21-18(22)17-12-8-7-9-15(17)3/h4-12,14H,13H2,1-3H3,(H,20,21,22). The summed E-state index contributed by atoms with van der Waals surface area (Å²) >= 11 is 0. The van der Waals surface area contributed by atoms with Crippen LogP contribution in [0, 0.1) is 6.92 Å². The monoisotopic (exact) mass is 310 g/mol. The van der Waals surface area contributed by atoms with Crippen molar-refractivity contribution in [1.29, 1.82) is 0 Å². The second-order valence-electron chi connectivity index (χ2n) is 5.54. The predicted octanol–water partition coefficient (Wildman–Crippen LogP) is 3.71. The molecule has 0 saturated carbocycles. The summed E-state index contributed by atoms with van der Waals surface area (Å²) in [5.74, 6) is -0.212. The van der Waals surface area contributed by atoms with Crippen molar-refractivity contribution in [3.63, 3.8) is 0 Å². The van der Waals surface area contributed by atoms with Crippen molar-refractivity contribution in [3.8, 4) is 0 Å². The summed E-state index contributed by atoms with van der Waals surface area (Å²) in [6.45, 7) is 6.16. The van der Waals surface area contributed by atoms with E-state index in [9.17, 15) is 4.79 Å². The first-order chi connectivity index (χ1) is 11.1. The van der Waals surface area contributed by atoms with Crippen LogP contribution in [0.25, 0.3) is 0 Å². The molecule has 1 amide bonds. The Kier molecular flexibility index (Phi) is 5.92. The zero-order valence-corrected chi connectivity index (χ0v) is 13.7. The number of aryl methyl sites for hydroxylation is 1. The van der Waals surface area contributed by atoms with Crippen molar-refractivity contribution in [2.24, 2.45) is 4.99 Å². The molecule has 0 aliphatic carbocycles. The Morgan fingerprint density at radius 3 is 2.39 bits per heavy atom. The number of ether oxygens (including phenoxy) is 1. The number of nitrogens with zero attached hydrogens (tertiary/aromatic N) is 1. The van der Waals surface area contributed by atoms with Gasteiger partial charge in [0.25, 0.3) is 11.9 Å². The maximum absolute atomic E-state index is 12.4. The van der Waals surface area contributed by atoms with Crippen molar-refractivity contribution in [3.05, 3.63) is 71.3 Å². The molecule has 0 heterocycles. The van der Waals surface area contributed by atoms with E-state index in [0.29, 0.717) is 12.1 Å². The third kappa shape index (κ3) is 5.25. The summed E-state index contributed by atoms with van der Waals surface area (Å²) in [6, 6.07) is 17.5. The molecule has 1 N–H and O–H groups in total. The van der Waals surface area contributed by atoms with Gasteiger partial charge >= 0.3 is 0 Å². The second-order valence-corrected chi connectivity index (χ2v) is 5.54. The summed E-state index contributed by atoms with van der Waals surface area (Å²) in [5.41, 5.74) is 2.59. The summed E-state index contributed by atoms with van der Waals surface area (Å²) < 4.78 is 5.62. The molecule has 0 aliphatic rings. The largest absolute Gasteiger partial charge is 0.462 e. The molecular weight excluding hydrogens is 288 g/mol. The minimum Gasteiger partial charge on any atom is -0.462 e. The van der Waals surface area contributed by atoms with Gasteiger partial charge in [0.15, 0.2) is 0 Å². The van der Waals surface area contributed by atoms with E-state index >= 15 is 0 Å². The minimum atomic E-state index is -0.212. The van der Waals surface area contributed by atoms with Gasteiger partial charge in [0.05, 0.1) is 12.6 Å². The van der Waals surface area contributed by atoms with Gasteiger partial charge < -0.3 is 4.74 Å². The van der Waals surface area contributed by atoms with Gasteiger partial charge in [0.1, 0.15) is 0 Å². The lowest BCUT2D eigenvalue weighted by atomic mass is 10.1. The number of hydrogen-bond donors (Lipinski definition) is 1. The Balaban J connectivity index is 2.12. The van der Waals surface area contributed by atoms with Crippen molar-refractivity contribution < 1.29 is 9.53 Å². The smallest absolute Gasteiger partial charge is 0.292 e. The van der Waals surface area contributed by atoms with Gasteiger partial charge in [0, 0.05) is 5.56 Å². The summed E-state index contributed by atoms with van der Waals surface area (Å²) in [6.07, 6.45) is -0.0679. The zero-order valence-electron chi connectivity index (χ0n) is 13.7. The Morgan fingerprint density at radius 2 is 1.74 bits per heavy atom. The first kappa shape index (κ1) is 16.7. The van der Waals surface area contributed by atoms with E-state index in [1.165, 1.54) is 0 Å². The molecule has 0 spiro atoms. The minimum absolute atomic E-state index is 0.0679. The third-order valence-corrected chi connectivity index (χ3v) is 3.21. The molecule has 23 heavy (non-hydrogen) atoms. The van der Waals surface area contributed by atoms with Crippen LogP contribution in [0.5, 0.6) is 0 Å². The highest BCUT2D eigenvalue weighted by molar-refractivity contribution is 6.04. The van der Waals surface area contributed by atoms with E-state index in [2.05, 4.69) is 10.3 Å². The number of carbonyl (C=O) groups excluding carboxylic acids is 1. The number of hydrogen-bond acceptors (Lipinski definition) is 3. The normalized spacial score (nSPS) is 11.4. The molecular formula is C19H22N2O2. The highest BCUT2D eigenvalue weighted by Gasteiger charge is 2.13. The molecule has 4 heteroatoms. The SMILES string of the molecule is Cc1ccccc1C(=O)NC(=NCc1ccccc1)OC(C)C. The fourth-order valence-electron chi connectivity index (χ4n) is 2.07. The number of amides is 1. The summed E-state index contributed by atoms with van der Waals surface area (Å²) in [5, 5.41) is 2.76. The van der Waals surface area contributed by atoms with E-state index < -0.39 is 0 Å². The summed E-state index contributed by atoms with van der Waals surface area (Å²) in [7, 11) is 0. The lowest BCUT2D eigenvalue weighted by Crippen LogP contribution is -2.34.